The molecule has 0 aliphatic heterocycles. The lowest BCUT2D eigenvalue weighted by atomic mass is 9.82. The maximum atomic E-state index is 9.89. The fourth-order valence-electron chi connectivity index (χ4n) is 1.70. The van der Waals surface area contributed by atoms with Crippen LogP contribution in [0.25, 0.3) is 0 Å². The standard InChI is InChI=1S/C12H15BrOS/c13-10-6-1-2-7-12(10)15-8-11(14)9-4-3-5-9/h1-2,6-7,9,11,14H,3-5,8H2. The Balaban J connectivity index is 1.84. The van der Waals surface area contributed by atoms with Crippen LogP contribution in [0.4, 0.5) is 0 Å². The van der Waals surface area contributed by atoms with Crippen molar-refractivity contribution in [2.24, 2.45) is 5.92 Å². The second-order valence-electron chi connectivity index (χ2n) is 4.00. The summed E-state index contributed by atoms with van der Waals surface area (Å²) in [5.41, 5.74) is 0. The predicted molar refractivity (Wildman–Crippen MR) is 68.2 cm³/mol. The minimum Gasteiger partial charge on any atom is -0.392 e. The molecular formula is C12H15BrOS. The quantitative estimate of drug-likeness (QED) is 0.852. The summed E-state index contributed by atoms with van der Waals surface area (Å²) in [4.78, 5) is 1.22. The highest BCUT2D eigenvalue weighted by atomic mass is 79.9. The third-order valence-corrected chi connectivity index (χ3v) is 5.07. The SMILES string of the molecule is OC(CSc1ccccc1Br)C1CCC1. The summed E-state index contributed by atoms with van der Waals surface area (Å²) in [7, 11) is 0. The van der Waals surface area contributed by atoms with Gasteiger partial charge in [0.1, 0.15) is 0 Å². The van der Waals surface area contributed by atoms with Gasteiger partial charge in [-0.3, -0.25) is 0 Å². The molecule has 0 aromatic heterocycles. The summed E-state index contributed by atoms with van der Waals surface area (Å²) >= 11 is 5.25. The molecule has 1 aliphatic carbocycles. The Morgan fingerprint density at radius 1 is 1.40 bits per heavy atom. The van der Waals surface area contributed by atoms with Crippen molar-refractivity contribution >= 4 is 27.7 Å². The van der Waals surface area contributed by atoms with E-state index < -0.39 is 0 Å². The average Bonchev–Trinajstić information content (AvgIpc) is 2.14. The molecule has 1 N–H and O–H groups in total. The third kappa shape index (κ3) is 2.99. The molecule has 1 aromatic rings. The number of halogens is 1. The highest BCUT2D eigenvalue weighted by Crippen LogP contribution is 2.34. The Morgan fingerprint density at radius 2 is 2.13 bits per heavy atom. The molecule has 15 heavy (non-hydrogen) atoms. The van der Waals surface area contributed by atoms with Crippen LogP contribution in [-0.2, 0) is 0 Å². The van der Waals surface area contributed by atoms with Gasteiger partial charge in [-0.1, -0.05) is 18.6 Å². The normalized spacial score (nSPS) is 18.5. The van der Waals surface area contributed by atoms with Gasteiger partial charge in [0.2, 0.25) is 0 Å². The molecule has 1 unspecified atom stereocenters. The van der Waals surface area contributed by atoms with Crippen molar-refractivity contribution in [1.82, 2.24) is 0 Å². The van der Waals surface area contributed by atoms with Crippen LogP contribution in [0.15, 0.2) is 33.6 Å². The Labute approximate surface area is 103 Å². The number of thioether (sulfide) groups is 1. The van der Waals surface area contributed by atoms with Crippen molar-refractivity contribution in [3.8, 4) is 0 Å². The van der Waals surface area contributed by atoms with E-state index in [1.807, 2.05) is 18.2 Å². The lowest BCUT2D eigenvalue weighted by Gasteiger charge is -2.30. The molecule has 0 amide bonds. The van der Waals surface area contributed by atoms with Crippen LogP contribution in [0, 0.1) is 5.92 Å². The Hall–Kier alpha value is 0.01000. The summed E-state index contributed by atoms with van der Waals surface area (Å²) in [5.74, 6) is 1.37. The molecule has 0 bridgehead atoms. The lowest BCUT2D eigenvalue weighted by molar-refractivity contribution is 0.0817. The van der Waals surface area contributed by atoms with Gasteiger partial charge in [-0.2, -0.15) is 0 Å². The second kappa shape index (κ2) is 5.37. The molecule has 2 rings (SSSR count). The summed E-state index contributed by atoms with van der Waals surface area (Å²) in [6.45, 7) is 0. The van der Waals surface area contributed by atoms with Gasteiger partial charge in [-0.15, -0.1) is 11.8 Å². The molecule has 1 atom stereocenters. The fourth-order valence-corrected chi connectivity index (χ4v) is 3.33. The first-order chi connectivity index (χ1) is 7.27. The molecule has 1 aliphatic rings. The van der Waals surface area contributed by atoms with E-state index in [4.69, 9.17) is 0 Å². The largest absolute Gasteiger partial charge is 0.392 e. The molecule has 0 heterocycles. The van der Waals surface area contributed by atoms with Crippen molar-refractivity contribution in [2.45, 2.75) is 30.3 Å². The summed E-state index contributed by atoms with van der Waals surface area (Å²) in [6.07, 6.45) is 3.58. The number of aliphatic hydroxyl groups is 1. The average molecular weight is 287 g/mol. The number of hydrogen-bond acceptors (Lipinski definition) is 2. The first-order valence-corrected chi connectivity index (χ1v) is 7.10. The van der Waals surface area contributed by atoms with Gasteiger partial charge in [-0.25, -0.2) is 0 Å². The molecule has 1 saturated carbocycles. The van der Waals surface area contributed by atoms with Crippen LogP contribution in [0.3, 0.4) is 0 Å². The predicted octanol–water partition coefficient (Wildman–Crippen LogP) is 3.70. The van der Waals surface area contributed by atoms with E-state index in [-0.39, 0.29) is 6.10 Å². The topological polar surface area (TPSA) is 20.2 Å². The number of hydrogen-bond donors (Lipinski definition) is 1. The summed E-state index contributed by atoms with van der Waals surface area (Å²) in [6, 6.07) is 8.17. The molecule has 1 aromatic carbocycles. The van der Waals surface area contributed by atoms with Gasteiger partial charge in [-0.05, 0) is 46.8 Å². The van der Waals surface area contributed by atoms with Gasteiger partial charge in [0.25, 0.3) is 0 Å². The van der Waals surface area contributed by atoms with Crippen molar-refractivity contribution in [2.75, 3.05) is 5.75 Å². The van der Waals surface area contributed by atoms with Crippen LogP contribution in [0.1, 0.15) is 19.3 Å². The van der Waals surface area contributed by atoms with Gasteiger partial charge in [0.15, 0.2) is 0 Å². The van der Waals surface area contributed by atoms with Crippen LogP contribution < -0.4 is 0 Å². The number of aliphatic hydroxyl groups excluding tert-OH is 1. The van der Waals surface area contributed by atoms with E-state index in [0.717, 1.165) is 10.2 Å². The van der Waals surface area contributed by atoms with Crippen molar-refractivity contribution in [3.63, 3.8) is 0 Å². The summed E-state index contributed by atoms with van der Waals surface area (Å²) in [5, 5.41) is 9.89. The van der Waals surface area contributed by atoms with E-state index in [1.54, 1.807) is 11.8 Å². The molecule has 0 radical (unpaired) electrons. The number of rotatable bonds is 4. The van der Waals surface area contributed by atoms with E-state index in [0.29, 0.717) is 5.92 Å². The molecule has 1 nitrogen and oxygen atoms in total. The Morgan fingerprint density at radius 3 is 2.73 bits per heavy atom. The maximum absolute atomic E-state index is 9.89. The zero-order chi connectivity index (χ0) is 10.7. The fraction of sp³-hybridized carbons (Fsp3) is 0.500. The van der Waals surface area contributed by atoms with E-state index in [2.05, 4.69) is 22.0 Å². The van der Waals surface area contributed by atoms with E-state index >= 15 is 0 Å². The smallest absolute Gasteiger partial charge is 0.0662 e. The first-order valence-electron chi connectivity index (χ1n) is 5.33. The van der Waals surface area contributed by atoms with Gasteiger partial charge < -0.3 is 5.11 Å². The summed E-state index contributed by atoms with van der Waals surface area (Å²) < 4.78 is 1.12. The van der Waals surface area contributed by atoms with Crippen molar-refractivity contribution in [3.05, 3.63) is 28.7 Å². The minimum absolute atomic E-state index is 0.129. The molecule has 0 spiro atoms. The van der Waals surface area contributed by atoms with E-state index in [9.17, 15) is 5.11 Å². The minimum atomic E-state index is -0.129. The molecule has 3 heteroatoms. The van der Waals surface area contributed by atoms with Crippen LogP contribution in [0.2, 0.25) is 0 Å². The van der Waals surface area contributed by atoms with Crippen LogP contribution >= 0.6 is 27.7 Å². The molecular weight excluding hydrogens is 272 g/mol. The Kier molecular flexibility index (Phi) is 4.12. The zero-order valence-corrected chi connectivity index (χ0v) is 10.9. The number of benzene rings is 1. The third-order valence-electron chi connectivity index (χ3n) is 2.94. The highest BCUT2D eigenvalue weighted by Gasteiger charge is 2.25. The van der Waals surface area contributed by atoms with E-state index in [1.165, 1.54) is 24.2 Å². The van der Waals surface area contributed by atoms with Crippen molar-refractivity contribution in [1.29, 1.82) is 0 Å². The Bertz CT molecular complexity index is 325. The lowest BCUT2D eigenvalue weighted by Crippen LogP contribution is -2.28. The maximum Gasteiger partial charge on any atom is 0.0662 e. The zero-order valence-electron chi connectivity index (χ0n) is 8.53. The van der Waals surface area contributed by atoms with Gasteiger partial charge in [0.05, 0.1) is 6.10 Å². The second-order valence-corrected chi connectivity index (χ2v) is 5.92. The monoisotopic (exact) mass is 286 g/mol. The molecule has 0 saturated heterocycles. The van der Waals surface area contributed by atoms with Gasteiger partial charge >= 0.3 is 0 Å². The van der Waals surface area contributed by atoms with Gasteiger partial charge in [0, 0.05) is 15.1 Å². The van der Waals surface area contributed by atoms with Crippen LogP contribution in [-0.4, -0.2) is 17.0 Å². The molecule has 1 fully saturated rings. The van der Waals surface area contributed by atoms with Crippen LogP contribution in [0.5, 0.6) is 0 Å². The molecule has 82 valence electrons. The highest BCUT2D eigenvalue weighted by molar-refractivity contribution is 9.10. The van der Waals surface area contributed by atoms with Crippen molar-refractivity contribution < 1.29 is 5.11 Å². The first kappa shape index (κ1) is 11.5.